The highest BCUT2D eigenvalue weighted by atomic mass is 16.4. The van der Waals surface area contributed by atoms with Crippen molar-refractivity contribution in [2.24, 2.45) is 0 Å². The van der Waals surface area contributed by atoms with E-state index in [1.54, 1.807) is 12.5 Å². The first-order chi connectivity index (χ1) is 9.09. The van der Waals surface area contributed by atoms with E-state index >= 15 is 0 Å². The Labute approximate surface area is 110 Å². The van der Waals surface area contributed by atoms with Gasteiger partial charge in [0.2, 0.25) is 0 Å². The summed E-state index contributed by atoms with van der Waals surface area (Å²) >= 11 is 0. The first-order valence-electron chi connectivity index (χ1n) is 5.98. The van der Waals surface area contributed by atoms with Crippen LogP contribution in [0.2, 0.25) is 0 Å². The molecule has 1 unspecified atom stereocenters. The number of aliphatic hydroxyl groups is 1. The third-order valence-electron chi connectivity index (χ3n) is 2.43. The van der Waals surface area contributed by atoms with E-state index in [0.29, 0.717) is 6.54 Å². The number of aryl methyl sites for hydroxylation is 1. The third kappa shape index (κ3) is 6.41. The standard InChI is InChI=1S/C11H18N4O4/c16-9(10(17)18)2-4-14-11(19)13-3-1-6-15-7-5-12-8-15/h5,7-9,16H,1-4,6H2,(H,17,18)(H2,13,14,19). The molecule has 1 atom stereocenters. The summed E-state index contributed by atoms with van der Waals surface area (Å²) in [5, 5.41) is 22.5. The lowest BCUT2D eigenvalue weighted by Gasteiger charge is -2.09. The molecule has 106 valence electrons. The smallest absolute Gasteiger partial charge is 0.332 e. The molecule has 0 spiro atoms. The zero-order valence-electron chi connectivity index (χ0n) is 10.5. The van der Waals surface area contributed by atoms with Crippen molar-refractivity contribution in [3.8, 4) is 0 Å². The van der Waals surface area contributed by atoms with Crippen molar-refractivity contribution in [2.75, 3.05) is 13.1 Å². The first kappa shape index (κ1) is 15.0. The lowest BCUT2D eigenvalue weighted by Crippen LogP contribution is -2.38. The Morgan fingerprint density at radius 3 is 2.68 bits per heavy atom. The summed E-state index contributed by atoms with van der Waals surface area (Å²) in [6.07, 6.45) is 4.54. The van der Waals surface area contributed by atoms with Crippen molar-refractivity contribution in [2.45, 2.75) is 25.5 Å². The highest BCUT2D eigenvalue weighted by Crippen LogP contribution is 1.90. The van der Waals surface area contributed by atoms with E-state index in [4.69, 9.17) is 10.2 Å². The van der Waals surface area contributed by atoms with Gasteiger partial charge in [-0.1, -0.05) is 0 Å². The number of urea groups is 1. The molecule has 0 aliphatic carbocycles. The van der Waals surface area contributed by atoms with Crippen molar-refractivity contribution in [3.05, 3.63) is 18.7 Å². The Hall–Kier alpha value is -2.09. The van der Waals surface area contributed by atoms with E-state index in [1.807, 2.05) is 10.8 Å². The lowest BCUT2D eigenvalue weighted by atomic mass is 10.2. The Balaban J connectivity index is 2.00. The van der Waals surface area contributed by atoms with Gasteiger partial charge in [-0.05, 0) is 6.42 Å². The van der Waals surface area contributed by atoms with E-state index in [-0.39, 0.29) is 19.0 Å². The van der Waals surface area contributed by atoms with Gasteiger partial charge in [-0.2, -0.15) is 0 Å². The molecule has 1 heterocycles. The van der Waals surface area contributed by atoms with Crippen LogP contribution in [0.1, 0.15) is 12.8 Å². The second-order valence-electron chi connectivity index (χ2n) is 3.98. The maximum Gasteiger partial charge on any atom is 0.332 e. The molecule has 0 saturated carbocycles. The number of carboxylic acids is 1. The number of rotatable bonds is 8. The van der Waals surface area contributed by atoms with Gasteiger partial charge in [-0.25, -0.2) is 14.6 Å². The predicted molar refractivity (Wildman–Crippen MR) is 66.5 cm³/mol. The Morgan fingerprint density at radius 2 is 2.05 bits per heavy atom. The van der Waals surface area contributed by atoms with Gasteiger partial charge in [0.05, 0.1) is 6.33 Å². The number of hydrogen-bond donors (Lipinski definition) is 4. The second kappa shape index (κ2) is 8.09. The summed E-state index contributed by atoms with van der Waals surface area (Å²) in [4.78, 5) is 25.5. The quantitative estimate of drug-likeness (QED) is 0.471. The highest BCUT2D eigenvalue weighted by Gasteiger charge is 2.12. The Kier molecular flexibility index (Phi) is 6.37. The minimum Gasteiger partial charge on any atom is -0.479 e. The Morgan fingerprint density at radius 1 is 1.32 bits per heavy atom. The summed E-state index contributed by atoms with van der Waals surface area (Å²) in [7, 11) is 0. The van der Waals surface area contributed by atoms with E-state index in [2.05, 4.69) is 15.6 Å². The normalized spacial score (nSPS) is 11.8. The van der Waals surface area contributed by atoms with Crippen LogP contribution in [0, 0.1) is 0 Å². The number of imidazole rings is 1. The SMILES string of the molecule is O=C(NCCCn1ccnc1)NCCC(O)C(=O)O. The number of carbonyl (C=O) groups excluding carboxylic acids is 1. The lowest BCUT2D eigenvalue weighted by molar-refractivity contribution is -0.146. The number of aliphatic carboxylic acids is 1. The van der Waals surface area contributed by atoms with Gasteiger partial charge in [0.1, 0.15) is 0 Å². The van der Waals surface area contributed by atoms with E-state index < -0.39 is 12.1 Å². The summed E-state index contributed by atoms with van der Waals surface area (Å²) in [5.41, 5.74) is 0. The van der Waals surface area contributed by atoms with Crippen LogP contribution in [0.25, 0.3) is 0 Å². The fourth-order valence-electron chi connectivity index (χ4n) is 1.39. The van der Waals surface area contributed by atoms with Crippen LogP contribution < -0.4 is 10.6 Å². The minimum absolute atomic E-state index is 0.0161. The number of nitrogens with one attached hydrogen (secondary N) is 2. The van der Waals surface area contributed by atoms with Crippen LogP contribution >= 0.6 is 0 Å². The molecule has 0 aromatic carbocycles. The zero-order chi connectivity index (χ0) is 14.1. The van der Waals surface area contributed by atoms with Crippen molar-refractivity contribution < 1.29 is 19.8 Å². The maximum absolute atomic E-state index is 11.3. The fourth-order valence-corrected chi connectivity index (χ4v) is 1.39. The molecule has 0 aliphatic heterocycles. The molecule has 2 amide bonds. The summed E-state index contributed by atoms with van der Waals surface area (Å²) < 4.78 is 1.91. The number of aliphatic hydroxyl groups excluding tert-OH is 1. The number of carboxylic acid groups (broad SMARTS) is 1. The van der Waals surface area contributed by atoms with Gasteiger partial charge in [0.25, 0.3) is 0 Å². The molecule has 0 saturated heterocycles. The molecular weight excluding hydrogens is 252 g/mol. The molecule has 0 radical (unpaired) electrons. The van der Waals surface area contributed by atoms with Gasteiger partial charge in [-0.15, -0.1) is 0 Å². The topological polar surface area (TPSA) is 116 Å². The molecular formula is C11H18N4O4. The number of amides is 2. The largest absolute Gasteiger partial charge is 0.479 e. The predicted octanol–water partition coefficient (Wildman–Crippen LogP) is -0.592. The molecule has 8 heteroatoms. The molecule has 4 N–H and O–H groups in total. The molecule has 0 fully saturated rings. The summed E-state index contributed by atoms with van der Waals surface area (Å²) in [5.74, 6) is -1.29. The average Bonchev–Trinajstić information content (AvgIpc) is 2.87. The van der Waals surface area contributed by atoms with Crippen molar-refractivity contribution >= 4 is 12.0 Å². The van der Waals surface area contributed by atoms with E-state index in [0.717, 1.165) is 13.0 Å². The number of carbonyl (C=O) groups is 2. The van der Waals surface area contributed by atoms with Crippen LogP contribution in [0.4, 0.5) is 4.79 Å². The maximum atomic E-state index is 11.3. The van der Waals surface area contributed by atoms with E-state index in [1.165, 1.54) is 0 Å². The Bertz CT molecular complexity index is 393. The molecule has 19 heavy (non-hydrogen) atoms. The molecule has 1 aromatic rings. The molecule has 0 bridgehead atoms. The molecule has 8 nitrogen and oxygen atoms in total. The van der Waals surface area contributed by atoms with Gasteiger partial charge in [0.15, 0.2) is 6.10 Å². The molecule has 0 aliphatic rings. The first-order valence-corrected chi connectivity index (χ1v) is 5.98. The number of hydrogen-bond acceptors (Lipinski definition) is 4. The molecule has 1 aromatic heterocycles. The molecule has 1 rings (SSSR count). The van der Waals surface area contributed by atoms with Gasteiger partial charge >= 0.3 is 12.0 Å². The van der Waals surface area contributed by atoms with Gasteiger partial charge in [0, 0.05) is 38.4 Å². The van der Waals surface area contributed by atoms with Gasteiger partial charge < -0.3 is 25.4 Å². The highest BCUT2D eigenvalue weighted by molar-refractivity contribution is 5.74. The summed E-state index contributed by atoms with van der Waals surface area (Å²) in [6, 6.07) is -0.372. The fraction of sp³-hybridized carbons (Fsp3) is 0.545. The van der Waals surface area contributed by atoms with Crippen LogP contribution in [0.3, 0.4) is 0 Å². The zero-order valence-corrected chi connectivity index (χ0v) is 10.5. The van der Waals surface area contributed by atoms with Crippen LogP contribution in [-0.2, 0) is 11.3 Å². The number of nitrogens with zero attached hydrogens (tertiary/aromatic N) is 2. The number of aromatic nitrogens is 2. The van der Waals surface area contributed by atoms with Crippen LogP contribution in [0.15, 0.2) is 18.7 Å². The minimum atomic E-state index is -1.44. The van der Waals surface area contributed by atoms with Crippen LogP contribution in [0.5, 0.6) is 0 Å². The van der Waals surface area contributed by atoms with Gasteiger partial charge in [-0.3, -0.25) is 0 Å². The van der Waals surface area contributed by atoms with Crippen molar-refractivity contribution in [1.29, 1.82) is 0 Å². The van der Waals surface area contributed by atoms with E-state index in [9.17, 15) is 9.59 Å². The van der Waals surface area contributed by atoms with Crippen LogP contribution in [-0.4, -0.2) is 51.0 Å². The second-order valence-corrected chi connectivity index (χ2v) is 3.98. The van der Waals surface area contributed by atoms with Crippen molar-refractivity contribution in [3.63, 3.8) is 0 Å². The third-order valence-corrected chi connectivity index (χ3v) is 2.43. The monoisotopic (exact) mass is 270 g/mol. The average molecular weight is 270 g/mol. The van der Waals surface area contributed by atoms with Crippen molar-refractivity contribution in [1.82, 2.24) is 20.2 Å². The summed E-state index contributed by atoms with van der Waals surface area (Å²) in [6.45, 7) is 1.38.